The predicted octanol–water partition coefficient (Wildman–Crippen LogP) is 3.86. The number of pyridine rings is 1. The number of ether oxygens (including phenoxy) is 2. The van der Waals surface area contributed by atoms with Crippen LogP contribution < -0.4 is 14.8 Å². The summed E-state index contributed by atoms with van der Waals surface area (Å²) in [5.74, 6) is 1.41. The van der Waals surface area contributed by atoms with Crippen LogP contribution in [0.1, 0.15) is 5.56 Å². The van der Waals surface area contributed by atoms with Gasteiger partial charge in [0.2, 0.25) is 0 Å². The van der Waals surface area contributed by atoms with Crippen LogP contribution in [-0.4, -0.2) is 19.2 Å². The first kappa shape index (κ1) is 15.0. The Morgan fingerprint density at radius 3 is 2.05 bits per heavy atom. The van der Waals surface area contributed by atoms with E-state index in [-0.39, 0.29) is 0 Å². The smallest absolute Gasteiger partial charge is 0.417 e. The van der Waals surface area contributed by atoms with E-state index >= 15 is 0 Å². The SMILES string of the molecule is COc1cc(Nc2ccc(C(F)(F)F)cn2)cc(OC)c1. The Morgan fingerprint density at radius 2 is 1.62 bits per heavy atom. The number of nitrogens with zero attached hydrogens (tertiary/aromatic N) is 1. The number of hydrogen-bond acceptors (Lipinski definition) is 4. The van der Waals surface area contributed by atoms with Gasteiger partial charge in [-0.1, -0.05) is 0 Å². The summed E-state index contributed by atoms with van der Waals surface area (Å²) in [6.45, 7) is 0. The molecule has 0 spiro atoms. The average molecular weight is 298 g/mol. The first-order chi connectivity index (χ1) is 9.92. The van der Waals surface area contributed by atoms with Gasteiger partial charge in [-0.05, 0) is 12.1 Å². The largest absolute Gasteiger partial charge is 0.497 e. The number of benzene rings is 1. The normalized spacial score (nSPS) is 11.1. The van der Waals surface area contributed by atoms with Crippen LogP contribution in [0.25, 0.3) is 0 Å². The van der Waals surface area contributed by atoms with Crippen molar-refractivity contribution in [2.75, 3.05) is 19.5 Å². The zero-order valence-electron chi connectivity index (χ0n) is 11.4. The second-order valence-corrected chi connectivity index (χ2v) is 4.16. The molecule has 7 heteroatoms. The van der Waals surface area contributed by atoms with Crippen LogP contribution in [0, 0.1) is 0 Å². The third-order valence-electron chi connectivity index (χ3n) is 2.71. The van der Waals surface area contributed by atoms with E-state index in [1.54, 1.807) is 18.2 Å². The minimum atomic E-state index is -4.40. The van der Waals surface area contributed by atoms with Gasteiger partial charge in [0.25, 0.3) is 0 Å². The highest BCUT2D eigenvalue weighted by Gasteiger charge is 2.30. The van der Waals surface area contributed by atoms with Crippen LogP contribution in [0.5, 0.6) is 11.5 Å². The summed E-state index contributed by atoms with van der Waals surface area (Å²) in [5, 5.41) is 2.89. The van der Waals surface area contributed by atoms with E-state index in [0.717, 1.165) is 12.3 Å². The van der Waals surface area contributed by atoms with Crippen LogP contribution in [0.15, 0.2) is 36.5 Å². The lowest BCUT2D eigenvalue weighted by atomic mass is 10.2. The minimum absolute atomic E-state index is 0.290. The molecule has 0 bridgehead atoms. The molecule has 112 valence electrons. The van der Waals surface area contributed by atoms with Crippen molar-refractivity contribution in [1.82, 2.24) is 4.98 Å². The van der Waals surface area contributed by atoms with E-state index in [4.69, 9.17) is 9.47 Å². The molecule has 0 saturated heterocycles. The van der Waals surface area contributed by atoms with Crippen LogP contribution >= 0.6 is 0 Å². The van der Waals surface area contributed by atoms with Crippen LogP contribution in [0.2, 0.25) is 0 Å². The van der Waals surface area contributed by atoms with Crippen molar-refractivity contribution in [2.24, 2.45) is 0 Å². The predicted molar refractivity (Wildman–Crippen MR) is 72.1 cm³/mol. The molecule has 2 rings (SSSR count). The molecule has 1 aromatic carbocycles. The number of methoxy groups -OCH3 is 2. The van der Waals surface area contributed by atoms with Gasteiger partial charge in [-0.3, -0.25) is 0 Å². The van der Waals surface area contributed by atoms with Crippen LogP contribution in [0.3, 0.4) is 0 Å². The molecule has 0 radical (unpaired) electrons. The van der Waals surface area contributed by atoms with E-state index < -0.39 is 11.7 Å². The Labute approximate surface area is 119 Å². The second kappa shape index (κ2) is 5.90. The lowest BCUT2D eigenvalue weighted by Crippen LogP contribution is -2.05. The van der Waals surface area contributed by atoms with Crippen molar-refractivity contribution >= 4 is 11.5 Å². The number of halogens is 3. The number of alkyl halides is 3. The van der Waals surface area contributed by atoms with Crippen molar-refractivity contribution in [3.63, 3.8) is 0 Å². The van der Waals surface area contributed by atoms with Crippen molar-refractivity contribution in [3.8, 4) is 11.5 Å². The van der Waals surface area contributed by atoms with Crippen molar-refractivity contribution in [2.45, 2.75) is 6.18 Å². The molecule has 0 saturated carbocycles. The number of hydrogen-bond donors (Lipinski definition) is 1. The molecule has 0 aliphatic carbocycles. The quantitative estimate of drug-likeness (QED) is 0.930. The molecule has 4 nitrogen and oxygen atoms in total. The first-order valence-corrected chi connectivity index (χ1v) is 5.95. The van der Waals surface area contributed by atoms with E-state index in [1.165, 1.54) is 20.3 Å². The fourth-order valence-corrected chi connectivity index (χ4v) is 1.66. The standard InChI is InChI=1S/C14H13F3N2O2/c1-20-11-5-10(6-12(7-11)21-2)19-13-4-3-9(8-18-13)14(15,16)17/h3-8H,1-2H3,(H,18,19). The van der Waals surface area contributed by atoms with Gasteiger partial charge in [0.05, 0.1) is 19.8 Å². The summed E-state index contributed by atoms with van der Waals surface area (Å²) in [6.07, 6.45) is -3.62. The molecule has 0 fully saturated rings. The number of nitrogens with one attached hydrogen (secondary N) is 1. The fourth-order valence-electron chi connectivity index (χ4n) is 1.66. The Bertz CT molecular complexity index is 590. The summed E-state index contributed by atoms with van der Waals surface area (Å²) >= 11 is 0. The second-order valence-electron chi connectivity index (χ2n) is 4.16. The minimum Gasteiger partial charge on any atom is -0.497 e. The number of anilines is 2. The monoisotopic (exact) mass is 298 g/mol. The first-order valence-electron chi connectivity index (χ1n) is 5.95. The van der Waals surface area contributed by atoms with Gasteiger partial charge >= 0.3 is 6.18 Å². The number of aromatic nitrogens is 1. The summed E-state index contributed by atoms with van der Waals surface area (Å²) < 4.78 is 47.6. The van der Waals surface area contributed by atoms with Gasteiger partial charge in [-0.25, -0.2) is 4.98 Å². The van der Waals surface area contributed by atoms with Gasteiger partial charge in [-0.15, -0.1) is 0 Å². The summed E-state index contributed by atoms with van der Waals surface area (Å²) in [4.78, 5) is 3.74. The van der Waals surface area contributed by atoms with Gasteiger partial charge in [-0.2, -0.15) is 13.2 Å². The molecule has 0 aliphatic heterocycles. The molecule has 0 unspecified atom stereocenters. The molecule has 21 heavy (non-hydrogen) atoms. The molecule has 0 aliphatic rings. The Balaban J connectivity index is 2.22. The highest BCUT2D eigenvalue weighted by Crippen LogP contribution is 2.30. The Kier molecular flexibility index (Phi) is 4.21. The molecule has 2 aromatic rings. The van der Waals surface area contributed by atoms with E-state index in [0.29, 0.717) is 23.0 Å². The topological polar surface area (TPSA) is 43.4 Å². The summed E-state index contributed by atoms with van der Waals surface area (Å²) in [6, 6.07) is 7.27. The molecular formula is C14H13F3N2O2. The van der Waals surface area contributed by atoms with E-state index in [2.05, 4.69) is 10.3 Å². The van der Waals surface area contributed by atoms with E-state index in [1.807, 2.05) is 0 Å². The van der Waals surface area contributed by atoms with Crippen molar-refractivity contribution < 1.29 is 22.6 Å². The van der Waals surface area contributed by atoms with Crippen molar-refractivity contribution in [1.29, 1.82) is 0 Å². The van der Waals surface area contributed by atoms with Gasteiger partial charge in [0.15, 0.2) is 0 Å². The van der Waals surface area contributed by atoms with Crippen molar-refractivity contribution in [3.05, 3.63) is 42.1 Å². The third-order valence-corrected chi connectivity index (χ3v) is 2.71. The van der Waals surface area contributed by atoms with Gasteiger partial charge < -0.3 is 14.8 Å². The summed E-state index contributed by atoms with van der Waals surface area (Å²) in [7, 11) is 3.02. The molecule has 0 amide bonds. The summed E-state index contributed by atoms with van der Waals surface area (Å²) in [5.41, 5.74) is -0.199. The fraction of sp³-hybridized carbons (Fsp3) is 0.214. The molecule has 1 N–H and O–H groups in total. The molecule has 1 heterocycles. The zero-order valence-corrected chi connectivity index (χ0v) is 11.4. The maximum absolute atomic E-state index is 12.5. The third kappa shape index (κ3) is 3.77. The Hall–Kier alpha value is -2.44. The number of rotatable bonds is 4. The van der Waals surface area contributed by atoms with Crippen LogP contribution in [0.4, 0.5) is 24.7 Å². The highest BCUT2D eigenvalue weighted by molar-refractivity contribution is 5.61. The van der Waals surface area contributed by atoms with Gasteiger partial charge in [0.1, 0.15) is 17.3 Å². The molecule has 1 aromatic heterocycles. The lowest BCUT2D eigenvalue weighted by molar-refractivity contribution is -0.137. The maximum atomic E-state index is 12.5. The molecule has 0 atom stereocenters. The Morgan fingerprint density at radius 1 is 1.00 bits per heavy atom. The van der Waals surface area contributed by atoms with E-state index in [9.17, 15) is 13.2 Å². The zero-order chi connectivity index (χ0) is 15.5. The maximum Gasteiger partial charge on any atom is 0.417 e. The lowest BCUT2D eigenvalue weighted by Gasteiger charge is -2.11. The average Bonchev–Trinajstić information content (AvgIpc) is 2.46. The molecular weight excluding hydrogens is 285 g/mol. The van der Waals surface area contributed by atoms with Crippen LogP contribution in [-0.2, 0) is 6.18 Å². The van der Waals surface area contributed by atoms with Gasteiger partial charge in [0, 0.05) is 30.1 Å². The highest BCUT2D eigenvalue weighted by atomic mass is 19.4.